The molecule has 2 aromatic heterocycles. The van der Waals surface area contributed by atoms with Gasteiger partial charge < -0.3 is 9.47 Å². The molecule has 0 aliphatic rings. The lowest BCUT2D eigenvalue weighted by Gasteiger charge is -2.16. The number of aryl methyl sites for hydroxylation is 1. The van der Waals surface area contributed by atoms with Crippen LogP contribution in [0.5, 0.6) is 0 Å². The lowest BCUT2D eigenvalue weighted by Crippen LogP contribution is -2.25. The molecule has 0 bridgehead atoms. The molecule has 0 unspecified atom stereocenters. The van der Waals surface area contributed by atoms with Crippen LogP contribution in [0.25, 0.3) is 22.1 Å². The standard InChI is InChI=1S/C20H29N5S/c1-6-24(7-2)10-11-26-20-21-19-18(22-23-20)16-12-15(5)8-9-17(16)25(19)13-14(3)4/h8-9,12,14H,6-7,10-11,13H2,1-5H3. The van der Waals surface area contributed by atoms with E-state index in [1.807, 2.05) is 0 Å². The van der Waals surface area contributed by atoms with E-state index in [1.165, 1.54) is 11.1 Å². The number of nitrogens with zero attached hydrogens (tertiary/aromatic N) is 5. The first-order chi connectivity index (χ1) is 12.5. The number of thioether (sulfide) groups is 1. The van der Waals surface area contributed by atoms with E-state index in [9.17, 15) is 0 Å². The number of benzene rings is 1. The fraction of sp³-hybridized carbons (Fsp3) is 0.550. The van der Waals surface area contributed by atoms with E-state index in [0.717, 1.165) is 53.6 Å². The number of hydrogen-bond donors (Lipinski definition) is 0. The number of rotatable bonds is 8. The second kappa shape index (κ2) is 8.35. The highest BCUT2D eigenvalue weighted by Crippen LogP contribution is 2.28. The Kier molecular flexibility index (Phi) is 6.14. The molecular formula is C20H29N5S. The van der Waals surface area contributed by atoms with Crippen molar-refractivity contribution < 1.29 is 0 Å². The van der Waals surface area contributed by atoms with Crippen molar-refractivity contribution in [2.24, 2.45) is 5.92 Å². The third-order valence-corrected chi connectivity index (χ3v) is 5.50. The number of hydrogen-bond acceptors (Lipinski definition) is 5. The van der Waals surface area contributed by atoms with Gasteiger partial charge in [-0.3, -0.25) is 0 Å². The predicted octanol–water partition coefficient (Wildman–Crippen LogP) is 4.38. The van der Waals surface area contributed by atoms with E-state index < -0.39 is 0 Å². The van der Waals surface area contributed by atoms with Crippen LogP contribution in [-0.4, -0.2) is 50.0 Å². The molecule has 0 amide bonds. The highest BCUT2D eigenvalue weighted by Gasteiger charge is 2.16. The highest BCUT2D eigenvalue weighted by molar-refractivity contribution is 7.99. The van der Waals surface area contributed by atoms with Gasteiger partial charge >= 0.3 is 0 Å². The van der Waals surface area contributed by atoms with Crippen molar-refractivity contribution >= 4 is 33.8 Å². The minimum atomic E-state index is 0.545. The Morgan fingerprint density at radius 3 is 2.62 bits per heavy atom. The predicted molar refractivity (Wildman–Crippen MR) is 111 cm³/mol. The smallest absolute Gasteiger partial charge is 0.211 e. The molecule has 0 aliphatic heterocycles. The Balaban J connectivity index is 1.95. The Bertz CT molecular complexity index is 883. The first-order valence-electron chi connectivity index (χ1n) is 9.51. The Hall–Kier alpha value is -1.66. The molecule has 0 radical (unpaired) electrons. The second-order valence-corrected chi connectivity index (χ2v) is 8.23. The molecule has 0 saturated carbocycles. The molecule has 0 atom stereocenters. The number of fused-ring (bicyclic) bond motifs is 3. The topological polar surface area (TPSA) is 46.8 Å². The maximum absolute atomic E-state index is 4.88. The molecule has 140 valence electrons. The van der Waals surface area contributed by atoms with E-state index in [0.29, 0.717) is 5.92 Å². The monoisotopic (exact) mass is 371 g/mol. The summed E-state index contributed by atoms with van der Waals surface area (Å²) in [7, 11) is 0. The molecule has 3 aromatic rings. The van der Waals surface area contributed by atoms with Gasteiger partial charge in [0.25, 0.3) is 0 Å². The minimum absolute atomic E-state index is 0.545. The van der Waals surface area contributed by atoms with Crippen molar-refractivity contribution in [2.75, 3.05) is 25.4 Å². The van der Waals surface area contributed by atoms with Crippen molar-refractivity contribution in [1.82, 2.24) is 24.6 Å². The van der Waals surface area contributed by atoms with E-state index in [-0.39, 0.29) is 0 Å². The molecule has 0 spiro atoms. The van der Waals surface area contributed by atoms with Gasteiger partial charge in [0.2, 0.25) is 5.16 Å². The molecule has 2 heterocycles. The number of aromatic nitrogens is 4. The quantitative estimate of drug-likeness (QED) is 0.550. The van der Waals surface area contributed by atoms with Crippen LogP contribution in [-0.2, 0) is 6.54 Å². The van der Waals surface area contributed by atoms with Crippen LogP contribution in [0.1, 0.15) is 33.3 Å². The maximum atomic E-state index is 4.88. The Labute approximate surface area is 160 Å². The van der Waals surface area contributed by atoms with Crippen LogP contribution in [0.4, 0.5) is 0 Å². The van der Waals surface area contributed by atoms with Crippen LogP contribution >= 0.6 is 11.8 Å². The van der Waals surface area contributed by atoms with E-state index in [1.54, 1.807) is 11.8 Å². The maximum Gasteiger partial charge on any atom is 0.211 e. The van der Waals surface area contributed by atoms with Crippen molar-refractivity contribution in [1.29, 1.82) is 0 Å². The highest BCUT2D eigenvalue weighted by atomic mass is 32.2. The van der Waals surface area contributed by atoms with Crippen molar-refractivity contribution in [2.45, 2.75) is 46.3 Å². The Morgan fingerprint density at radius 1 is 1.15 bits per heavy atom. The van der Waals surface area contributed by atoms with Gasteiger partial charge in [-0.1, -0.05) is 51.1 Å². The summed E-state index contributed by atoms with van der Waals surface area (Å²) >= 11 is 1.70. The molecule has 0 saturated heterocycles. The minimum Gasteiger partial charge on any atom is -0.324 e. The molecule has 5 nitrogen and oxygen atoms in total. The summed E-state index contributed by atoms with van der Waals surface area (Å²) in [6.45, 7) is 15.1. The molecule has 0 fully saturated rings. The zero-order valence-corrected chi connectivity index (χ0v) is 17.3. The van der Waals surface area contributed by atoms with Crippen molar-refractivity contribution in [3.63, 3.8) is 0 Å². The van der Waals surface area contributed by atoms with Gasteiger partial charge in [-0.25, -0.2) is 4.98 Å². The normalized spacial score (nSPS) is 12.1. The largest absolute Gasteiger partial charge is 0.324 e. The summed E-state index contributed by atoms with van der Waals surface area (Å²) in [5.74, 6) is 1.53. The summed E-state index contributed by atoms with van der Waals surface area (Å²) in [6.07, 6.45) is 0. The van der Waals surface area contributed by atoms with Gasteiger partial charge in [0.1, 0.15) is 5.52 Å². The van der Waals surface area contributed by atoms with E-state index in [4.69, 9.17) is 4.98 Å². The van der Waals surface area contributed by atoms with Gasteiger partial charge in [0.15, 0.2) is 5.65 Å². The van der Waals surface area contributed by atoms with Crippen molar-refractivity contribution in [3.05, 3.63) is 23.8 Å². The zero-order chi connectivity index (χ0) is 18.7. The van der Waals surface area contributed by atoms with E-state index in [2.05, 4.69) is 72.5 Å². The molecule has 6 heteroatoms. The van der Waals surface area contributed by atoms with Crippen LogP contribution in [0, 0.1) is 12.8 Å². The molecule has 26 heavy (non-hydrogen) atoms. The average Bonchev–Trinajstić information content (AvgIpc) is 2.91. The van der Waals surface area contributed by atoms with Crippen LogP contribution in [0.15, 0.2) is 23.4 Å². The third kappa shape index (κ3) is 4.01. The fourth-order valence-corrected chi connectivity index (χ4v) is 4.05. The summed E-state index contributed by atoms with van der Waals surface area (Å²) in [6, 6.07) is 6.53. The van der Waals surface area contributed by atoms with Crippen LogP contribution in [0.2, 0.25) is 0 Å². The summed E-state index contributed by atoms with van der Waals surface area (Å²) in [4.78, 5) is 7.29. The van der Waals surface area contributed by atoms with Crippen LogP contribution < -0.4 is 0 Å². The first kappa shape index (κ1) is 19.1. The SMILES string of the molecule is CCN(CC)CCSc1nnc2c3cc(C)ccc3n(CC(C)C)c2n1. The van der Waals surface area contributed by atoms with Gasteiger partial charge in [0, 0.05) is 24.2 Å². The van der Waals surface area contributed by atoms with Gasteiger partial charge in [-0.15, -0.1) is 10.2 Å². The third-order valence-electron chi connectivity index (χ3n) is 4.68. The van der Waals surface area contributed by atoms with Gasteiger partial charge in [-0.05, 0) is 38.1 Å². The lowest BCUT2D eigenvalue weighted by molar-refractivity contribution is 0.324. The molecule has 0 aliphatic carbocycles. The fourth-order valence-electron chi connectivity index (χ4n) is 3.27. The Morgan fingerprint density at radius 2 is 1.92 bits per heavy atom. The van der Waals surface area contributed by atoms with Crippen molar-refractivity contribution in [3.8, 4) is 0 Å². The first-order valence-corrected chi connectivity index (χ1v) is 10.5. The van der Waals surface area contributed by atoms with Gasteiger partial charge in [-0.2, -0.15) is 0 Å². The zero-order valence-electron chi connectivity index (χ0n) is 16.5. The molecular weight excluding hydrogens is 342 g/mol. The molecule has 0 N–H and O–H groups in total. The molecule has 1 aromatic carbocycles. The van der Waals surface area contributed by atoms with Gasteiger partial charge in [0.05, 0.1) is 5.52 Å². The summed E-state index contributed by atoms with van der Waals surface area (Å²) in [5.41, 5.74) is 4.31. The lowest BCUT2D eigenvalue weighted by atomic mass is 10.1. The van der Waals surface area contributed by atoms with E-state index >= 15 is 0 Å². The summed E-state index contributed by atoms with van der Waals surface area (Å²) < 4.78 is 2.30. The summed E-state index contributed by atoms with van der Waals surface area (Å²) in [5, 5.41) is 10.9. The van der Waals surface area contributed by atoms with Crippen LogP contribution in [0.3, 0.4) is 0 Å². The second-order valence-electron chi connectivity index (χ2n) is 7.17. The molecule has 3 rings (SSSR count). The average molecular weight is 372 g/mol.